The number of rotatable bonds is 9. The zero-order valence-corrected chi connectivity index (χ0v) is 13.8. The molecular formula is C16H14O12. The molecule has 0 heterocycles. The van der Waals surface area contributed by atoms with Crippen molar-refractivity contribution in [3.05, 3.63) is 70.8 Å². The van der Waals surface area contributed by atoms with Gasteiger partial charge in [-0.2, -0.15) is 14.7 Å². The number of benzene rings is 2. The van der Waals surface area contributed by atoms with Crippen LogP contribution in [-0.2, 0) is 31.3 Å². The molecule has 0 aliphatic rings. The second kappa shape index (κ2) is 8.39. The summed E-state index contributed by atoms with van der Waals surface area (Å²) >= 11 is 0. The first-order valence-electron chi connectivity index (χ1n) is 7.30. The summed E-state index contributed by atoms with van der Waals surface area (Å²) in [5.74, 6) is -9.83. The van der Waals surface area contributed by atoms with E-state index in [9.17, 15) is 35.4 Å². The maximum absolute atomic E-state index is 11.4. The highest BCUT2D eigenvalue weighted by atomic mass is 17.3. The Morgan fingerprint density at radius 2 is 1.14 bits per heavy atom. The molecule has 12 nitrogen and oxygen atoms in total. The van der Waals surface area contributed by atoms with E-state index in [1.807, 2.05) is 0 Å². The van der Waals surface area contributed by atoms with Gasteiger partial charge in [0.25, 0.3) is 0 Å². The SMILES string of the molecule is O=C(O)c1ccccc1C(O)(OO)OC(OO)(OO)c1ccccc1C(=O)O. The topological polar surface area (TPSA) is 192 Å². The molecule has 0 aromatic heterocycles. The zero-order chi connectivity index (χ0) is 20.9. The van der Waals surface area contributed by atoms with Crippen LogP contribution >= 0.6 is 0 Å². The van der Waals surface area contributed by atoms with Crippen molar-refractivity contribution in [1.29, 1.82) is 0 Å². The van der Waals surface area contributed by atoms with Gasteiger partial charge in [-0.3, -0.25) is 4.74 Å². The third kappa shape index (κ3) is 3.84. The highest BCUT2D eigenvalue weighted by Gasteiger charge is 2.51. The largest absolute Gasteiger partial charge is 0.478 e. The van der Waals surface area contributed by atoms with Crippen LogP contribution in [0.2, 0.25) is 0 Å². The number of hydrogen-bond acceptors (Lipinski definition) is 10. The van der Waals surface area contributed by atoms with E-state index >= 15 is 0 Å². The fourth-order valence-corrected chi connectivity index (χ4v) is 2.39. The second-order valence-corrected chi connectivity index (χ2v) is 5.22. The molecule has 6 N–H and O–H groups in total. The molecule has 28 heavy (non-hydrogen) atoms. The molecule has 0 saturated heterocycles. The lowest BCUT2D eigenvalue weighted by molar-refractivity contribution is -0.640. The van der Waals surface area contributed by atoms with Crippen LogP contribution in [0.5, 0.6) is 0 Å². The van der Waals surface area contributed by atoms with Crippen LogP contribution in [0.4, 0.5) is 0 Å². The maximum Gasteiger partial charge on any atom is 0.371 e. The average molecular weight is 398 g/mol. The first kappa shape index (κ1) is 21.4. The summed E-state index contributed by atoms with van der Waals surface area (Å²) < 4.78 is 4.84. The van der Waals surface area contributed by atoms with Gasteiger partial charge in [0, 0.05) is 0 Å². The summed E-state index contributed by atoms with van der Waals surface area (Å²) in [4.78, 5) is 34.4. The summed E-state index contributed by atoms with van der Waals surface area (Å²) in [6, 6.07) is 8.99. The van der Waals surface area contributed by atoms with Gasteiger partial charge in [-0.15, -0.1) is 0 Å². The van der Waals surface area contributed by atoms with Crippen molar-refractivity contribution >= 4 is 11.9 Å². The molecule has 0 bridgehead atoms. The van der Waals surface area contributed by atoms with Crippen molar-refractivity contribution in [3.8, 4) is 0 Å². The van der Waals surface area contributed by atoms with E-state index in [0.29, 0.717) is 0 Å². The van der Waals surface area contributed by atoms with Gasteiger partial charge in [-0.1, -0.05) is 24.3 Å². The Balaban J connectivity index is 2.65. The molecule has 2 aromatic rings. The number of carboxylic acids is 2. The molecular weight excluding hydrogens is 384 g/mol. The van der Waals surface area contributed by atoms with E-state index < -0.39 is 46.1 Å². The Morgan fingerprint density at radius 1 is 0.714 bits per heavy atom. The van der Waals surface area contributed by atoms with E-state index in [0.717, 1.165) is 24.3 Å². The molecule has 0 amide bonds. The lowest BCUT2D eigenvalue weighted by atomic mass is 10.0. The van der Waals surface area contributed by atoms with Gasteiger partial charge in [0.05, 0.1) is 22.3 Å². The van der Waals surface area contributed by atoms with Gasteiger partial charge in [0.15, 0.2) is 0 Å². The van der Waals surface area contributed by atoms with Crippen molar-refractivity contribution in [2.75, 3.05) is 0 Å². The molecule has 150 valence electrons. The number of aromatic carboxylic acids is 2. The molecule has 2 aromatic carbocycles. The monoisotopic (exact) mass is 398 g/mol. The molecule has 0 spiro atoms. The van der Waals surface area contributed by atoms with Crippen LogP contribution in [0, 0.1) is 0 Å². The van der Waals surface area contributed by atoms with Crippen LogP contribution in [0.25, 0.3) is 0 Å². The van der Waals surface area contributed by atoms with E-state index in [1.54, 1.807) is 0 Å². The molecule has 12 heteroatoms. The normalized spacial score (nSPS) is 13.7. The van der Waals surface area contributed by atoms with Crippen LogP contribution in [0.15, 0.2) is 48.5 Å². The summed E-state index contributed by atoms with van der Waals surface area (Å²) in [6.07, 6.45) is 0. The van der Waals surface area contributed by atoms with E-state index in [2.05, 4.69) is 14.7 Å². The van der Waals surface area contributed by atoms with Crippen LogP contribution < -0.4 is 0 Å². The van der Waals surface area contributed by atoms with Crippen LogP contribution in [0.3, 0.4) is 0 Å². The Bertz CT molecular complexity index is 862. The van der Waals surface area contributed by atoms with Crippen LogP contribution in [-0.4, -0.2) is 43.0 Å². The fraction of sp³-hybridized carbons (Fsp3) is 0.125. The Morgan fingerprint density at radius 3 is 1.57 bits per heavy atom. The minimum atomic E-state index is -3.41. The van der Waals surface area contributed by atoms with Crippen molar-refractivity contribution < 1.29 is 60.1 Å². The lowest BCUT2D eigenvalue weighted by Crippen LogP contribution is -2.46. The third-order valence-electron chi connectivity index (χ3n) is 3.62. The molecule has 0 fully saturated rings. The number of carboxylic acid groups (broad SMARTS) is 2. The first-order chi connectivity index (χ1) is 13.2. The van der Waals surface area contributed by atoms with Gasteiger partial charge >= 0.3 is 23.9 Å². The minimum absolute atomic E-state index is 0.614. The number of carbonyl (C=O) groups is 2. The fourth-order valence-electron chi connectivity index (χ4n) is 2.39. The van der Waals surface area contributed by atoms with Crippen molar-refractivity contribution in [1.82, 2.24) is 0 Å². The van der Waals surface area contributed by atoms with E-state index in [-0.39, 0.29) is 0 Å². The predicted molar refractivity (Wildman–Crippen MR) is 84.6 cm³/mol. The average Bonchev–Trinajstić information content (AvgIpc) is 2.72. The smallest absolute Gasteiger partial charge is 0.371 e. The molecule has 0 radical (unpaired) electrons. The standard InChI is InChI=1S/C16H14O12/c17-13(18)9-5-1-3-7-11(9)15(21,26-22)25-16(27-23,28-24)12-8-4-2-6-10(12)14(19)20/h1-8,21-24H,(H,17,18)(H,19,20). The molecule has 1 unspecified atom stereocenters. The molecule has 0 aliphatic carbocycles. The van der Waals surface area contributed by atoms with E-state index in [4.69, 9.17) is 9.99 Å². The zero-order valence-electron chi connectivity index (χ0n) is 13.8. The molecule has 1 atom stereocenters. The lowest BCUT2D eigenvalue weighted by Gasteiger charge is -2.35. The van der Waals surface area contributed by atoms with E-state index in [1.165, 1.54) is 24.3 Å². The Kier molecular flexibility index (Phi) is 6.40. The van der Waals surface area contributed by atoms with Crippen molar-refractivity contribution in [2.45, 2.75) is 11.9 Å². The number of ether oxygens (including phenoxy) is 1. The third-order valence-corrected chi connectivity index (χ3v) is 3.62. The summed E-state index contributed by atoms with van der Waals surface area (Å²) in [7, 11) is 0. The number of hydrogen-bond donors (Lipinski definition) is 6. The molecule has 0 saturated carbocycles. The van der Waals surface area contributed by atoms with Gasteiger partial charge in [-0.05, 0) is 24.3 Å². The number of aliphatic hydroxyl groups is 1. The maximum atomic E-state index is 11.4. The quantitative estimate of drug-likeness (QED) is 0.203. The highest BCUT2D eigenvalue weighted by Crippen LogP contribution is 2.39. The molecule has 2 rings (SSSR count). The minimum Gasteiger partial charge on any atom is -0.478 e. The second-order valence-electron chi connectivity index (χ2n) is 5.22. The van der Waals surface area contributed by atoms with Gasteiger partial charge in [0.1, 0.15) is 0 Å². The summed E-state index contributed by atoms with van der Waals surface area (Å²) in [6.45, 7) is 0. The summed E-state index contributed by atoms with van der Waals surface area (Å²) in [5, 5.41) is 56.7. The Labute approximate surface area is 155 Å². The van der Waals surface area contributed by atoms with Gasteiger partial charge in [-0.25, -0.2) is 25.4 Å². The van der Waals surface area contributed by atoms with Crippen molar-refractivity contribution in [3.63, 3.8) is 0 Å². The molecule has 0 aliphatic heterocycles. The summed E-state index contributed by atoms with van der Waals surface area (Å²) in [5.41, 5.74) is -2.63. The Hall–Kier alpha value is -2.94. The first-order valence-corrected chi connectivity index (χ1v) is 7.30. The predicted octanol–water partition coefficient (Wildman–Crippen LogP) is 1.48. The van der Waals surface area contributed by atoms with Crippen LogP contribution in [0.1, 0.15) is 31.8 Å². The highest BCUT2D eigenvalue weighted by molar-refractivity contribution is 5.90. The van der Waals surface area contributed by atoms with Crippen molar-refractivity contribution in [2.24, 2.45) is 0 Å². The van der Waals surface area contributed by atoms with Gasteiger partial charge < -0.3 is 15.3 Å². The van der Waals surface area contributed by atoms with Gasteiger partial charge in [0.2, 0.25) is 0 Å².